The number of hydrogen-bond donors (Lipinski definition) is 3. The lowest BCUT2D eigenvalue weighted by Crippen LogP contribution is -3.00. The molecule has 0 unspecified atom stereocenters. The highest BCUT2D eigenvalue weighted by Crippen LogP contribution is 2.35. The predicted molar refractivity (Wildman–Crippen MR) is 45.8 cm³/mol. The molecule has 0 aromatic rings. The molecule has 0 aromatic carbocycles. The molecular weight excluding hydrogens is 216 g/mol. The van der Waals surface area contributed by atoms with Crippen LogP contribution in [0.3, 0.4) is 0 Å². The van der Waals surface area contributed by atoms with Crippen molar-refractivity contribution in [2.75, 3.05) is 33.8 Å². The van der Waals surface area contributed by atoms with Crippen LogP contribution in [0.25, 0.3) is 0 Å². The van der Waals surface area contributed by atoms with E-state index < -0.39 is 19.9 Å². The Labute approximate surface area is 84.5 Å². The largest absolute Gasteiger partial charge is 1.00 e. The van der Waals surface area contributed by atoms with Gasteiger partial charge in [0, 0.05) is 0 Å². The van der Waals surface area contributed by atoms with Crippen LogP contribution in [0.2, 0.25) is 0 Å². The van der Waals surface area contributed by atoms with E-state index in [1.54, 1.807) is 0 Å². The second-order valence-electron chi connectivity index (χ2n) is 3.97. The molecule has 0 aromatic heterocycles. The first kappa shape index (κ1) is 15.8. The number of quaternary nitrogens is 1. The van der Waals surface area contributed by atoms with Gasteiger partial charge in [-0.1, -0.05) is 0 Å². The van der Waals surface area contributed by atoms with Crippen LogP contribution in [0.15, 0.2) is 0 Å². The molecule has 13 heavy (non-hydrogen) atoms. The first-order valence-corrected chi connectivity index (χ1v) is 5.43. The average molecular weight is 234 g/mol. The molecule has 0 bridgehead atoms. The molecule has 0 saturated carbocycles. The fraction of sp³-hybridized carbons (Fsp3) is 1.00. The molecule has 0 fully saturated rings. The third-order valence-corrected chi connectivity index (χ3v) is 2.10. The number of aliphatic hydroxyl groups is 1. The molecule has 1 atom stereocenters. The van der Waals surface area contributed by atoms with Crippen molar-refractivity contribution in [3.05, 3.63) is 0 Å². The van der Waals surface area contributed by atoms with Crippen molar-refractivity contribution in [2.45, 2.75) is 6.10 Å². The minimum absolute atomic E-state index is 0. The molecule has 0 amide bonds. The van der Waals surface area contributed by atoms with Crippen molar-refractivity contribution >= 4 is 7.60 Å². The third-order valence-electron chi connectivity index (χ3n) is 1.21. The van der Waals surface area contributed by atoms with E-state index in [9.17, 15) is 9.67 Å². The summed E-state index contributed by atoms with van der Waals surface area (Å²) in [7, 11) is 1.48. The number of likely N-dealkylation sites (N-methyl/N-ethyl adjacent to an activating group) is 1. The molecule has 0 rings (SSSR count). The van der Waals surface area contributed by atoms with Crippen LogP contribution in [0.4, 0.5) is 0 Å². The second kappa shape index (κ2) is 5.29. The molecule has 7 heteroatoms. The van der Waals surface area contributed by atoms with Gasteiger partial charge in [0.1, 0.15) is 12.6 Å². The Morgan fingerprint density at radius 2 is 1.69 bits per heavy atom. The van der Waals surface area contributed by atoms with Crippen molar-refractivity contribution in [3.8, 4) is 0 Å². The molecule has 0 saturated heterocycles. The first-order chi connectivity index (χ1) is 5.10. The fourth-order valence-electron chi connectivity index (χ4n) is 0.965. The van der Waals surface area contributed by atoms with Gasteiger partial charge < -0.3 is 31.8 Å². The number of aliphatic hydroxyl groups excluding tert-OH is 1. The van der Waals surface area contributed by atoms with Crippen molar-refractivity contribution in [1.29, 1.82) is 0 Å². The van der Waals surface area contributed by atoms with Crippen LogP contribution in [-0.4, -0.2) is 59.3 Å². The van der Waals surface area contributed by atoms with Gasteiger partial charge in [0.15, 0.2) is 0 Å². The van der Waals surface area contributed by atoms with Gasteiger partial charge in [-0.3, -0.25) is 4.57 Å². The molecule has 3 N–H and O–H groups in total. The summed E-state index contributed by atoms with van der Waals surface area (Å²) in [5, 5.41) is 9.21. The summed E-state index contributed by atoms with van der Waals surface area (Å²) >= 11 is 0. The number of nitrogens with zero attached hydrogens (tertiary/aromatic N) is 1. The molecule has 5 nitrogen and oxygen atoms in total. The van der Waals surface area contributed by atoms with E-state index in [1.807, 2.05) is 21.1 Å². The van der Waals surface area contributed by atoms with E-state index in [1.165, 1.54) is 0 Å². The molecule has 0 aliphatic carbocycles. The summed E-state index contributed by atoms with van der Waals surface area (Å²) in [6.07, 6.45) is -1.39. The molecule has 0 spiro atoms. The topological polar surface area (TPSA) is 77.8 Å². The normalized spacial score (nSPS) is 14.9. The van der Waals surface area contributed by atoms with E-state index in [-0.39, 0.29) is 12.4 Å². The summed E-state index contributed by atoms with van der Waals surface area (Å²) in [6.45, 7) is 0.338. The van der Waals surface area contributed by atoms with Crippen LogP contribution in [0.1, 0.15) is 0 Å². The molecule has 0 aliphatic heterocycles. The minimum Gasteiger partial charge on any atom is -1.00 e. The maximum Gasteiger partial charge on any atom is 0.328 e. The highest BCUT2D eigenvalue weighted by Gasteiger charge is 2.24. The van der Waals surface area contributed by atoms with Gasteiger partial charge in [0.2, 0.25) is 0 Å². The molecular formula is C6H17ClNO4P. The number of rotatable bonds is 4. The van der Waals surface area contributed by atoms with Gasteiger partial charge in [-0.25, -0.2) is 0 Å². The minimum atomic E-state index is -4.07. The van der Waals surface area contributed by atoms with Crippen molar-refractivity contribution in [1.82, 2.24) is 0 Å². The van der Waals surface area contributed by atoms with Gasteiger partial charge in [-0.2, -0.15) is 0 Å². The zero-order valence-electron chi connectivity index (χ0n) is 8.01. The Balaban J connectivity index is 0. The van der Waals surface area contributed by atoms with Crippen molar-refractivity contribution < 1.29 is 36.3 Å². The van der Waals surface area contributed by atoms with Crippen LogP contribution >= 0.6 is 7.60 Å². The monoisotopic (exact) mass is 233 g/mol. The zero-order chi connectivity index (χ0) is 9.99. The Morgan fingerprint density at radius 1 is 1.31 bits per heavy atom. The smallest absolute Gasteiger partial charge is 0.328 e. The van der Waals surface area contributed by atoms with Crippen LogP contribution < -0.4 is 12.4 Å². The van der Waals surface area contributed by atoms with Crippen LogP contribution in [0, 0.1) is 0 Å². The van der Waals surface area contributed by atoms with E-state index in [0.717, 1.165) is 0 Å². The maximum atomic E-state index is 10.5. The first-order valence-electron chi connectivity index (χ1n) is 3.63. The highest BCUT2D eigenvalue weighted by molar-refractivity contribution is 7.51. The Hall–Kier alpha value is 0.360. The van der Waals surface area contributed by atoms with Crippen LogP contribution in [-0.2, 0) is 4.57 Å². The van der Waals surface area contributed by atoms with Gasteiger partial charge in [-0.05, 0) is 0 Å². The lowest BCUT2D eigenvalue weighted by molar-refractivity contribution is -0.873. The predicted octanol–water partition coefficient (Wildman–Crippen LogP) is -3.76. The maximum absolute atomic E-state index is 10.5. The van der Waals surface area contributed by atoms with Gasteiger partial charge in [0.05, 0.1) is 27.3 Å². The van der Waals surface area contributed by atoms with Crippen LogP contribution in [0.5, 0.6) is 0 Å². The highest BCUT2D eigenvalue weighted by atomic mass is 35.5. The molecule has 0 aliphatic rings. The van der Waals surface area contributed by atoms with Crippen molar-refractivity contribution in [3.63, 3.8) is 0 Å². The summed E-state index contributed by atoms with van der Waals surface area (Å²) in [5.41, 5.74) is 0. The fourth-order valence-corrected chi connectivity index (χ4v) is 1.63. The lowest BCUT2D eigenvalue weighted by atomic mass is 10.3. The SMILES string of the molecule is C[N+](C)(C)C[C@H](O)CP(=O)(O)O.[Cl-]. The summed E-state index contributed by atoms with van der Waals surface area (Å²) in [6, 6.07) is 0. The van der Waals surface area contributed by atoms with E-state index in [0.29, 0.717) is 11.0 Å². The average Bonchev–Trinajstić information content (AvgIpc) is 1.49. The quantitative estimate of drug-likeness (QED) is 0.344. The number of halogens is 1. The summed E-state index contributed by atoms with van der Waals surface area (Å²) in [4.78, 5) is 17.1. The van der Waals surface area contributed by atoms with E-state index >= 15 is 0 Å². The molecule has 82 valence electrons. The van der Waals surface area contributed by atoms with Gasteiger partial charge in [-0.15, -0.1) is 0 Å². The number of hydrogen-bond acceptors (Lipinski definition) is 2. The Bertz CT molecular complexity index is 188. The summed E-state index contributed by atoms with van der Waals surface area (Å²) < 4.78 is 10.9. The van der Waals surface area contributed by atoms with Crippen molar-refractivity contribution in [2.24, 2.45) is 0 Å². The standard InChI is InChI=1S/C6H16NO4P.ClH/c1-7(2,3)4-6(8)5-12(9,10)11;/h6,8H,4-5H2,1-3H3,(H-,9,10,11);1H/t6-;/m0./s1. The van der Waals surface area contributed by atoms with Gasteiger partial charge in [0.25, 0.3) is 0 Å². The van der Waals surface area contributed by atoms with E-state index in [2.05, 4.69) is 0 Å². The lowest BCUT2D eigenvalue weighted by Gasteiger charge is -2.26. The molecule has 0 radical (unpaired) electrons. The van der Waals surface area contributed by atoms with Gasteiger partial charge >= 0.3 is 7.60 Å². The van der Waals surface area contributed by atoms with E-state index in [4.69, 9.17) is 9.79 Å². The third kappa shape index (κ3) is 12.4. The summed E-state index contributed by atoms with van der Waals surface area (Å²) in [5.74, 6) is 0. The Kier molecular flexibility index (Phi) is 6.44. The Morgan fingerprint density at radius 3 is 1.92 bits per heavy atom. The zero-order valence-corrected chi connectivity index (χ0v) is 9.66. The second-order valence-corrected chi connectivity index (χ2v) is 5.67. The molecule has 0 heterocycles.